The normalized spacial score (nSPS) is 20.2. The summed E-state index contributed by atoms with van der Waals surface area (Å²) in [5.74, 6) is 0. The van der Waals surface area contributed by atoms with Crippen LogP contribution in [0, 0.1) is 0 Å². The SMILES string of the molecule is O=C(OCc1ccccc1)O[C@@H]1C[C@@H](COC(F)F)N(C(=O)O)C1. The Bertz CT molecular complexity index is 556. The van der Waals surface area contributed by atoms with Gasteiger partial charge in [0.05, 0.1) is 19.2 Å². The number of likely N-dealkylation sites (tertiary alicyclic amines) is 1. The highest BCUT2D eigenvalue weighted by Crippen LogP contribution is 2.22. The molecule has 0 unspecified atom stereocenters. The smallest absolute Gasteiger partial charge is 0.465 e. The van der Waals surface area contributed by atoms with E-state index in [2.05, 4.69) is 4.74 Å². The lowest BCUT2D eigenvalue weighted by molar-refractivity contribution is -0.137. The van der Waals surface area contributed by atoms with Crippen molar-refractivity contribution in [3.8, 4) is 0 Å². The minimum atomic E-state index is -2.99. The van der Waals surface area contributed by atoms with Crippen LogP contribution in [0.3, 0.4) is 0 Å². The first kappa shape index (κ1) is 17.9. The Morgan fingerprint density at radius 2 is 2.00 bits per heavy atom. The van der Waals surface area contributed by atoms with Gasteiger partial charge in [-0.3, -0.25) is 4.90 Å². The number of amides is 1. The van der Waals surface area contributed by atoms with Crippen molar-refractivity contribution >= 4 is 12.2 Å². The molecule has 1 heterocycles. The van der Waals surface area contributed by atoms with E-state index in [9.17, 15) is 18.4 Å². The van der Waals surface area contributed by atoms with Crippen molar-refractivity contribution in [2.45, 2.75) is 31.8 Å². The summed E-state index contributed by atoms with van der Waals surface area (Å²) in [4.78, 5) is 23.7. The summed E-state index contributed by atoms with van der Waals surface area (Å²) < 4.78 is 38.3. The Kier molecular flexibility index (Phi) is 6.30. The molecule has 0 spiro atoms. The Morgan fingerprint density at radius 3 is 2.62 bits per heavy atom. The number of hydrogen-bond donors (Lipinski definition) is 1. The van der Waals surface area contributed by atoms with Gasteiger partial charge in [-0.25, -0.2) is 9.59 Å². The van der Waals surface area contributed by atoms with Gasteiger partial charge >= 0.3 is 18.9 Å². The number of carbonyl (C=O) groups is 2. The third-order valence-corrected chi connectivity index (χ3v) is 3.50. The van der Waals surface area contributed by atoms with Gasteiger partial charge in [0.2, 0.25) is 0 Å². The number of rotatable bonds is 6. The number of carbonyl (C=O) groups excluding carboxylic acids is 1. The molecule has 1 aromatic rings. The third-order valence-electron chi connectivity index (χ3n) is 3.50. The van der Waals surface area contributed by atoms with E-state index in [1.54, 1.807) is 24.3 Å². The molecule has 1 N–H and O–H groups in total. The number of hydrogen-bond acceptors (Lipinski definition) is 5. The van der Waals surface area contributed by atoms with E-state index in [-0.39, 0.29) is 19.6 Å². The standard InChI is InChI=1S/C15H17F2NO6/c16-13(17)22-9-11-6-12(7-18(11)14(19)20)24-15(21)23-8-10-4-2-1-3-5-10/h1-5,11-13H,6-9H2,(H,19,20)/t11-,12+/m0/s1. The van der Waals surface area contributed by atoms with Gasteiger partial charge in [-0.1, -0.05) is 30.3 Å². The molecule has 24 heavy (non-hydrogen) atoms. The third kappa shape index (κ3) is 5.34. The fourth-order valence-electron chi connectivity index (χ4n) is 2.42. The summed E-state index contributed by atoms with van der Waals surface area (Å²) in [5.41, 5.74) is 0.774. The van der Waals surface area contributed by atoms with E-state index in [0.717, 1.165) is 10.5 Å². The largest absolute Gasteiger partial charge is 0.508 e. The molecular formula is C15H17F2NO6. The van der Waals surface area contributed by atoms with Gasteiger partial charge in [-0.2, -0.15) is 8.78 Å². The van der Waals surface area contributed by atoms with Gasteiger partial charge < -0.3 is 19.3 Å². The topological polar surface area (TPSA) is 85.3 Å². The maximum absolute atomic E-state index is 12.1. The molecule has 0 radical (unpaired) electrons. The molecule has 1 fully saturated rings. The number of carboxylic acid groups (broad SMARTS) is 1. The summed E-state index contributed by atoms with van der Waals surface area (Å²) in [5, 5.41) is 9.06. The number of benzene rings is 1. The van der Waals surface area contributed by atoms with Gasteiger partial charge in [-0.05, 0) is 5.56 Å². The lowest BCUT2D eigenvalue weighted by atomic mass is 10.2. The van der Waals surface area contributed by atoms with Gasteiger partial charge in [0.25, 0.3) is 0 Å². The summed E-state index contributed by atoms with van der Waals surface area (Å²) in [7, 11) is 0. The second-order valence-corrected chi connectivity index (χ2v) is 5.18. The average Bonchev–Trinajstić information content (AvgIpc) is 2.95. The Labute approximate surface area is 136 Å². The molecular weight excluding hydrogens is 328 g/mol. The lowest BCUT2D eigenvalue weighted by Gasteiger charge is -2.20. The van der Waals surface area contributed by atoms with Crippen LogP contribution in [0.1, 0.15) is 12.0 Å². The molecule has 1 aromatic carbocycles. The second kappa shape index (κ2) is 8.44. The molecule has 0 aliphatic carbocycles. The van der Waals surface area contributed by atoms with E-state index in [1.807, 2.05) is 6.07 Å². The Morgan fingerprint density at radius 1 is 1.29 bits per heavy atom. The Balaban J connectivity index is 1.81. The highest BCUT2D eigenvalue weighted by Gasteiger charge is 2.38. The zero-order valence-electron chi connectivity index (χ0n) is 12.6. The van der Waals surface area contributed by atoms with Crippen LogP contribution in [-0.4, -0.2) is 54.2 Å². The van der Waals surface area contributed by atoms with Crippen molar-refractivity contribution in [3.05, 3.63) is 35.9 Å². The molecule has 0 aromatic heterocycles. The van der Waals surface area contributed by atoms with Gasteiger partial charge in [-0.15, -0.1) is 0 Å². The first-order valence-electron chi connectivity index (χ1n) is 7.22. The molecule has 0 bridgehead atoms. The maximum atomic E-state index is 12.1. The molecule has 1 aliphatic rings. The molecule has 1 amide bonds. The molecule has 1 aliphatic heterocycles. The number of alkyl halides is 2. The highest BCUT2D eigenvalue weighted by molar-refractivity contribution is 5.66. The van der Waals surface area contributed by atoms with Crippen molar-refractivity contribution in [2.75, 3.05) is 13.2 Å². The number of nitrogens with zero attached hydrogens (tertiary/aromatic N) is 1. The van der Waals surface area contributed by atoms with E-state index >= 15 is 0 Å². The predicted molar refractivity (Wildman–Crippen MR) is 76.6 cm³/mol. The van der Waals surface area contributed by atoms with E-state index in [4.69, 9.17) is 14.6 Å². The molecule has 7 nitrogen and oxygen atoms in total. The first-order chi connectivity index (χ1) is 11.5. The average molecular weight is 345 g/mol. The highest BCUT2D eigenvalue weighted by atomic mass is 19.3. The van der Waals surface area contributed by atoms with Crippen LogP contribution in [0.4, 0.5) is 18.4 Å². The molecule has 2 atom stereocenters. The molecule has 9 heteroatoms. The maximum Gasteiger partial charge on any atom is 0.508 e. The molecule has 1 saturated heterocycles. The van der Waals surface area contributed by atoms with Crippen LogP contribution in [0.25, 0.3) is 0 Å². The van der Waals surface area contributed by atoms with Crippen molar-refractivity contribution < 1.29 is 37.7 Å². The minimum absolute atomic E-state index is 0.0208. The summed E-state index contributed by atoms with van der Waals surface area (Å²) in [6, 6.07) is 8.14. The van der Waals surface area contributed by atoms with Crippen molar-refractivity contribution in [3.63, 3.8) is 0 Å². The minimum Gasteiger partial charge on any atom is -0.465 e. The quantitative estimate of drug-likeness (QED) is 0.798. The van der Waals surface area contributed by atoms with Gasteiger partial charge in [0.1, 0.15) is 12.7 Å². The van der Waals surface area contributed by atoms with E-state index in [1.165, 1.54) is 0 Å². The first-order valence-corrected chi connectivity index (χ1v) is 7.22. The van der Waals surface area contributed by atoms with Crippen LogP contribution in [0.5, 0.6) is 0 Å². The second-order valence-electron chi connectivity index (χ2n) is 5.18. The summed E-state index contributed by atoms with van der Waals surface area (Å²) in [6.45, 7) is -3.56. The van der Waals surface area contributed by atoms with Crippen LogP contribution in [-0.2, 0) is 20.8 Å². The van der Waals surface area contributed by atoms with Crippen LogP contribution >= 0.6 is 0 Å². The lowest BCUT2D eigenvalue weighted by Crippen LogP contribution is -2.38. The van der Waals surface area contributed by atoms with E-state index in [0.29, 0.717) is 0 Å². The van der Waals surface area contributed by atoms with Gasteiger partial charge in [0, 0.05) is 6.42 Å². The van der Waals surface area contributed by atoms with Crippen LogP contribution < -0.4 is 0 Å². The summed E-state index contributed by atoms with van der Waals surface area (Å²) in [6.07, 6.45) is -2.93. The molecule has 132 valence electrons. The fourth-order valence-corrected chi connectivity index (χ4v) is 2.42. The zero-order valence-corrected chi connectivity index (χ0v) is 12.6. The van der Waals surface area contributed by atoms with E-state index < -0.39 is 37.6 Å². The van der Waals surface area contributed by atoms with Gasteiger partial charge in [0.15, 0.2) is 0 Å². The number of halogens is 2. The van der Waals surface area contributed by atoms with Crippen molar-refractivity contribution in [2.24, 2.45) is 0 Å². The monoisotopic (exact) mass is 345 g/mol. The zero-order chi connectivity index (χ0) is 17.5. The predicted octanol–water partition coefficient (Wildman–Crippen LogP) is 2.70. The molecule has 0 saturated carbocycles. The van der Waals surface area contributed by atoms with Crippen LogP contribution in [0.15, 0.2) is 30.3 Å². The molecule has 2 rings (SSSR count). The summed E-state index contributed by atoms with van der Waals surface area (Å²) >= 11 is 0. The van der Waals surface area contributed by atoms with Crippen LogP contribution in [0.2, 0.25) is 0 Å². The Hall–Kier alpha value is -2.42. The fraction of sp³-hybridized carbons (Fsp3) is 0.467. The number of ether oxygens (including phenoxy) is 3. The van der Waals surface area contributed by atoms with Crippen molar-refractivity contribution in [1.29, 1.82) is 0 Å². The van der Waals surface area contributed by atoms with Crippen molar-refractivity contribution in [1.82, 2.24) is 4.90 Å².